The third-order valence-corrected chi connectivity index (χ3v) is 8.49. The normalized spacial score (nSPS) is 19.7. The van der Waals surface area contributed by atoms with Crippen LogP contribution in [0.4, 0.5) is 0 Å². The maximum absolute atomic E-state index is 13.1. The van der Waals surface area contributed by atoms with Gasteiger partial charge in [0.25, 0.3) is 5.91 Å². The van der Waals surface area contributed by atoms with E-state index in [1.807, 2.05) is 43.5 Å². The molecule has 0 aliphatic carbocycles. The second-order valence-electron chi connectivity index (χ2n) is 8.34. The molecular weight excluding hydrogens is 486 g/mol. The Morgan fingerprint density at radius 2 is 1.89 bits per heavy atom. The molecule has 4 rings (SSSR count). The largest absolute Gasteiger partial charge is 0.492 e. The molecule has 186 valence electrons. The van der Waals surface area contributed by atoms with E-state index in [1.165, 1.54) is 39.9 Å². The number of hydrogen-bond acceptors (Lipinski definition) is 6. The predicted molar refractivity (Wildman–Crippen MR) is 136 cm³/mol. The van der Waals surface area contributed by atoms with Crippen molar-refractivity contribution in [2.45, 2.75) is 44.4 Å². The molecule has 3 aromatic rings. The Bertz CT molecular complexity index is 1400. The van der Waals surface area contributed by atoms with E-state index in [-0.39, 0.29) is 17.1 Å². The number of fused-ring (bicyclic) bond motifs is 1. The summed E-state index contributed by atoms with van der Waals surface area (Å²) < 4.78 is 41.9. The topological polar surface area (TPSA) is 90.2 Å². The molecule has 0 bridgehead atoms. The van der Waals surface area contributed by atoms with Gasteiger partial charge in [-0.05, 0) is 57.2 Å². The molecular formula is C25H29N3O5S2. The number of thiazole rings is 1. The Morgan fingerprint density at radius 1 is 1.20 bits per heavy atom. The van der Waals surface area contributed by atoms with Gasteiger partial charge in [-0.3, -0.25) is 4.79 Å². The highest BCUT2D eigenvalue weighted by Crippen LogP contribution is 2.28. The maximum Gasteiger partial charge on any atom is 0.279 e. The number of benzene rings is 2. The number of allylic oxidation sites excluding steroid dienone is 1. The number of amides is 1. The fraction of sp³-hybridized carbons (Fsp3) is 0.360. The second kappa shape index (κ2) is 10.4. The molecule has 2 atom stereocenters. The quantitative estimate of drug-likeness (QED) is 0.446. The van der Waals surface area contributed by atoms with E-state index in [0.717, 1.165) is 16.0 Å². The van der Waals surface area contributed by atoms with Crippen molar-refractivity contribution < 1.29 is 22.7 Å². The van der Waals surface area contributed by atoms with Gasteiger partial charge in [-0.1, -0.05) is 23.5 Å². The number of sulfonamides is 1. The molecule has 0 unspecified atom stereocenters. The van der Waals surface area contributed by atoms with Gasteiger partial charge in [-0.25, -0.2) is 8.42 Å². The summed E-state index contributed by atoms with van der Waals surface area (Å²) in [6.07, 6.45) is 1.38. The molecule has 1 saturated heterocycles. The van der Waals surface area contributed by atoms with Crippen LogP contribution in [0, 0.1) is 0 Å². The van der Waals surface area contributed by atoms with Crippen LogP contribution in [-0.4, -0.2) is 55.1 Å². The summed E-state index contributed by atoms with van der Waals surface area (Å²) in [5.74, 6) is 0.267. The van der Waals surface area contributed by atoms with Crippen LogP contribution in [0.1, 0.15) is 31.1 Å². The van der Waals surface area contributed by atoms with Crippen molar-refractivity contribution in [3.63, 3.8) is 0 Å². The first kappa shape index (κ1) is 25.3. The lowest BCUT2D eigenvalue weighted by molar-refractivity contribution is -0.0440. The Hall–Kier alpha value is -2.79. The molecule has 2 aromatic carbocycles. The highest BCUT2D eigenvalue weighted by Gasteiger charge is 2.32. The van der Waals surface area contributed by atoms with Gasteiger partial charge in [-0.2, -0.15) is 9.30 Å². The molecule has 1 aliphatic rings. The van der Waals surface area contributed by atoms with Gasteiger partial charge in [0.05, 0.1) is 28.4 Å². The molecule has 35 heavy (non-hydrogen) atoms. The minimum Gasteiger partial charge on any atom is -0.492 e. The third-order valence-electron chi connectivity index (χ3n) is 5.60. The van der Waals surface area contributed by atoms with Gasteiger partial charge in [-0.15, -0.1) is 6.58 Å². The van der Waals surface area contributed by atoms with Crippen molar-refractivity contribution in [2.75, 3.05) is 19.7 Å². The minimum absolute atomic E-state index is 0.139. The first-order valence-electron chi connectivity index (χ1n) is 11.4. The van der Waals surface area contributed by atoms with Crippen LogP contribution in [0.5, 0.6) is 5.75 Å². The zero-order valence-electron chi connectivity index (χ0n) is 20.0. The summed E-state index contributed by atoms with van der Waals surface area (Å²) in [4.78, 5) is 18.0. The van der Waals surface area contributed by atoms with E-state index in [2.05, 4.69) is 11.6 Å². The molecule has 1 aromatic heterocycles. The predicted octanol–water partition coefficient (Wildman–Crippen LogP) is 3.83. The SMILES string of the molecule is C=CCn1c(=NC(=O)c2ccc(S(=O)(=O)N3C[C@H](C)O[C@@H](C)C3)cc2)sc2cccc(OCC)c21. The minimum atomic E-state index is -3.69. The van der Waals surface area contributed by atoms with Crippen molar-refractivity contribution in [3.8, 4) is 5.75 Å². The first-order valence-corrected chi connectivity index (χ1v) is 13.7. The zero-order chi connectivity index (χ0) is 25.2. The van der Waals surface area contributed by atoms with E-state index in [0.29, 0.717) is 36.6 Å². The average Bonchev–Trinajstić information content (AvgIpc) is 3.17. The van der Waals surface area contributed by atoms with Crippen LogP contribution in [0.15, 0.2) is 65.0 Å². The molecule has 1 fully saturated rings. The maximum atomic E-state index is 13.1. The van der Waals surface area contributed by atoms with Crippen LogP contribution >= 0.6 is 11.3 Å². The van der Waals surface area contributed by atoms with Crippen LogP contribution in [0.3, 0.4) is 0 Å². The smallest absolute Gasteiger partial charge is 0.279 e. The molecule has 8 nitrogen and oxygen atoms in total. The monoisotopic (exact) mass is 515 g/mol. The number of ether oxygens (including phenoxy) is 2. The van der Waals surface area contributed by atoms with Crippen LogP contribution in [-0.2, 0) is 21.3 Å². The van der Waals surface area contributed by atoms with Gasteiger partial charge < -0.3 is 14.0 Å². The van der Waals surface area contributed by atoms with Crippen LogP contribution in [0.25, 0.3) is 10.2 Å². The fourth-order valence-electron chi connectivity index (χ4n) is 4.15. The number of morpholine rings is 1. The fourth-order valence-corrected chi connectivity index (χ4v) is 6.80. The summed E-state index contributed by atoms with van der Waals surface area (Å²) in [6.45, 7) is 11.0. The number of carbonyl (C=O) groups excluding carboxylic acids is 1. The molecule has 1 amide bonds. The number of hydrogen-bond donors (Lipinski definition) is 0. The van der Waals surface area contributed by atoms with Gasteiger partial charge in [0.1, 0.15) is 11.3 Å². The van der Waals surface area contributed by atoms with Gasteiger partial charge >= 0.3 is 0 Å². The number of carbonyl (C=O) groups is 1. The zero-order valence-corrected chi connectivity index (χ0v) is 21.6. The Kier molecular flexibility index (Phi) is 7.56. The van der Waals surface area contributed by atoms with E-state index in [4.69, 9.17) is 9.47 Å². The molecule has 0 radical (unpaired) electrons. The van der Waals surface area contributed by atoms with Crippen molar-refractivity contribution in [1.29, 1.82) is 0 Å². The first-order chi connectivity index (χ1) is 16.7. The Morgan fingerprint density at radius 3 is 2.51 bits per heavy atom. The lowest BCUT2D eigenvalue weighted by Crippen LogP contribution is -2.48. The number of rotatable bonds is 7. The highest BCUT2D eigenvalue weighted by molar-refractivity contribution is 7.89. The second-order valence-corrected chi connectivity index (χ2v) is 11.3. The van der Waals surface area contributed by atoms with E-state index < -0.39 is 15.9 Å². The summed E-state index contributed by atoms with van der Waals surface area (Å²) in [7, 11) is -3.69. The summed E-state index contributed by atoms with van der Waals surface area (Å²) in [6, 6.07) is 11.7. The van der Waals surface area contributed by atoms with Gasteiger partial charge in [0, 0.05) is 25.2 Å². The van der Waals surface area contributed by atoms with Crippen LogP contribution in [0.2, 0.25) is 0 Å². The summed E-state index contributed by atoms with van der Waals surface area (Å²) in [5.41, 5.74) is 1.17. The highest BCUT2D eigenvalue weighted by atomic mass is 32.2. The van der Waals surface area contributed by atoms with Crippen molar-refractivity contribution in [2.24, 2.45) is 4.99 Å². The standard InChI is InChI=1S/C25H29N3O5S2/c1-5-14-28-23-21(32-6-2)8-7-9-22(23)34-25(28)26-24(29)19-10-12-20(13-11-19)35(30,31)27-15-17(3)33-18(4)16-27/h5,7-13,17-18H,1,6,14-16H2,2-4H3/t17-,18-/m0/s1. The summed E-state index contributed by atoms with van der Waals surface area (Å²) >= 11 is 1.39. The molecule has 2 heterocycles. The summed E-state index contributed by atoms with van der Waals surface area (Å²) in [5, 5.41) is 0. The Balaban J connectivity index is 1.66. The number of aromatic nitrogens is 1. The lowest BCUT2D eigenvalue weighted by Gasteiger charge is -2.34. The number of para-hydroxylation sites is 1. The third kappa shape index (κ3) is 5.25. The Labute approximate surface area is 209 Å². The van der Waals surface area contributed by atoms with E-state index >= 15 is 0 Å². The average molecular weight is 516 g/mol. The van der Waals surface area contributed by atoms with Gasteiger partial charge in [0.15, 0.2) is 4.80 Å². The molecule has 1 aliphatic heterocycles. The van der Waals surface area contributed by atoms with Crippen LogP contribution < -0.4 is 9.54 Å². The van der Waals surface area contributed by atoms with E-state index in [9.17, 15) is 13.2 Å². The lowest BCUT2D eigenvalue weighted by atomic mass is 10.2. The van der Waals surface area contributed by atoms with Gasteiger partial charge in [0.2, 0.25) is 10.0 Å². The van der Waals surface area contributed by atoms with Crippen molar-refractivity contribution >= 4 is 37.5 Å². The molecule has 0 spiro atoms. The van der Waals surface area contributed by atoms with Crippen molar-refractivity contribution in [1.82, 2.24) is 8.87 Å². The van der Waals surface area contributed by atoms with Crippen molar-refractivity contribution in [3.05, 3.63) is 65.5 Å². The molecule has 0 N–H and O–H groups in total. The molecule has 0 saturated carbocycles. The van der Waals surface area contributed by atoms with E-state index in [1.54, 1.807) is 6.08 Å². The number of nitrogens with zero attached hydrogens (tertiary/aromatic N) is 3. The molecule has 10 heteroatoms.